The number of nitrogen functional groups attached to an aromatic ring is 1. The van der Waals surface area contributed by atoms with Crippen LogP contribution in [-0.4, -0.2) is 31.2 Å². The highest BCUT2D eigenvalue weighted by Crippen LogP contribution is 2.26. The quantitative estimate of drug-likeness (QED) is 0.857. The molecule has 0 amide bonds. The van der Waals surface area contributed by atoms with Crippen LogP contribution in [0.4, 0.5) is 5.13 Å². The van der Waals surface area contributed by atoms with E-state index in [4.69, 9.17) is 5.73 Å². The largest absolute Gasteiger partial charge is 0.375 e. The van der Waals surface area contributed by atoms with E-state index in [1.165, 1.54) is 4.88 Å². The lowest BCUT2D eigenvalue weighted by molar-refractivity contribution is 0.157. The lowest BCUT2D eigenvalue weighted by atomic mass is 10.2. The molecular weight excluding hydrogens is 236 g/mol. The first-order chi connectivity index (χ1) is 8.24. The van der Waals surface area contributed by atoms with Crippen molar-refractivity contribution in [3.05, 3.63) is 23.2 Å². The molecule has 0 bridgehead atoms. The second kappa shape index (κ2) is 4.08. The number of anilines is 1. The van der Waals surface area contributed by atoms with Crippen LogP contribution in [0.15, 0.2) is 12.5 Å². The molecule has 0 saturated carbocycles. The van der Waals surface area contributed by atoms with Gasteiger partial charge in [-0.15, -0.1) is 21.5 Å². The summed E-state index contributed by atoms with van der Waals surface area (Å²) in [6, 6.07) is 0.287. The maximum absolute atomic E-state index is 5.64. The van der Waals surface area contributed by atoms with Crippen LogP contribution < -0.4 is 5.73 Å². The molecule has 1 unspecified atom stereocenters. The van der Waals surface area contributed by atoms with E-state index in [0.29, 0.717) is 5.13 Å². The molecule has 90 valence electrons. The average Bonchev–Trinajstić information content (AvgIpc) is 2.92. The lowest BCUT2D eigenvalue weighted by Gasteiger charge is -2.32. The minimum absolute atomic E-state index is 0.287. The molecule has 2 aromatic heterocycles. The molecule has 1 atom stereocenters. The molecule has 6 nitrogen and oxygen atoms in total. The van der Waals surface area contributed by atoms with Crippen LogP contribution in [0.25, 0.3) is 0 Å². The Bertz CT molecular complexity index is 518. The van der Waals surface area contributed by atoms with Gasteiger partial charge in [-0.05, 0) is 6.92 Å². The summed E-state index contributed by atoms with van der Waals surface area (Å²) in [6.45, 7) is 4.98. The number of hydrogen-bond donors (Lipinski definition) is 1. The third-order valence-electron chi connectivity index (χ3n) is 3.13. The summed E-state index contributed by atoms with van der Waals surface area (Å²) in [5, 5.41) is 8.76. The fourth-order valence-corrected chi connectivity index (χ4v) is 2.87. The van der Waals surface area contributed by atoms with Gasteiger partial charge in [-0.3, -0.25) is 4.90 Å². The van der Waals surface area contributed by atoms with Gasteiger partial charge in [0.2, 0.25) is 0 Å². The fourth-order valence-electron chi connectivity index (χ4n) is 2.16. The zero-order chi connectivity index (χ0) is 11.8. The number of aromatic nitrogens is 4. The Morgan fingerprint density at radius 3 is 3.18 bits per heavy atom. The highest BCUT2D eigenvalue weighted by molar-refractivity contribution is 7.15. The number of rotatable bonds is 2. The van der Waals surface area contributed by atoms with E-state index in [-0.39, 0.29) is 6.04 Å². The first kappa shape index (κ1) is 10.7. The van der Waals surface area contributed by atoms with E-state index in [1.807, 2.05) is 6.20 Å². The summed E-state index contributed by atoms with van der Waals surface area (Å²) < 4.78 is 2.11. The third-order valence-corrected chi connectivity index (χ3v) is 3.94. The smallest absolute Gasteiger partial charge is 0.180 e. The summed E-state index contributed by atoms with van der Waals surface area (Å²) in [6.07, 6.45) is 3.65. The molecule has 1 aliphatic rings. The molecule has 2 aromatic rings. The van der Waals surface area contributed by atoms with Gasteiger partial charge in [0.15, 0.2) is 5.13 Å². The molecule has 1 aliphatic heterocycles. The van der Waals surface area contributed by atoms with Crippen LogP contribution in [0.2, 0.25) is 0 Å². The van der Waals surface area contributed by atoms with Gasteiger partial charge in [0.25, 0.3) is 0 Å². The van der Waals surface area contributed by atoms with Gasteiger partial charge in [0, 0.05) is 30.7 Å². The van der Waals surface area contributed by atoms with Crippen molar-refractivity contribution in [2.45, 2.75) is 26.1 Å². The van der Waals surface area contributed by atoms with E-state index in [2.05, 4.69) is 31.6 Å². The summed E-state index contributed by atoms with van der Waals surface area (Å²) >= 11 is 1.55. The monoisotopic (exact) mass is 250 g/mol. The molecule has 0 aliphatic carbocycles. The number of hydrogen-bond acceptors (Lipinski definition) is 6. The topological polar surface area (TPSA) is 72.9 Å². The molecule has 3 heterocycles. The molecule has 3 rings (SSSR count). The fraction of sp³-hybridized carbons (Fsp3) is 0.500. The van der Waals surface area contributed by atoms with Crippen molar-refractivity contribution in [2.24, 2.45) is 0 Å². The third kappa shape index (κ3) is 1.91. The van der Waals surface area contributed by atoms with Crippen LogP contribution in [-0.2, 0) is 13.1 Å². The second-order valence-electron chi connectivity index (χ2n) is 4.19. The Labute approximate surface area is 103 Å². The van der Waals surface area contributed by atoms with Crippen molar-refractivity contribution in [2.75, 3.05) is 12.3 Å². The minimum Gasteiger partial charge on any atom is -0.375 e. The van der Waals surface area contributed by atoms with Gasteiger partial charge in [0.05, 0.1) is 6.04 Å². The van der Waals surface area contributed by atoms with Crippen LogP contribution in [0.1, 0.15) is 23.7 Å². The van der Waals surface area contributed by atoms with Crippen LogP contribution >= 0.6 is 11.3 Å². The van der Waals surface area contributed by atoms with Crippen LogP contribution in [0.5, 0.6) is 0 Å². The van der Waals surface area contributed by atoms with Crippen molar-refractivity contribution in [1.82, 2.24) is 24.6 Å². The molecule has 17 heavy (non-hydrogen) atoms. The van der Waals surface area contributed by atoms with Crippen molar-refractivity contribution in [3.8, 4) is 0 Å². The summed E-state index contributed by atoms with van der Waals surface area (Å²) in [7, 11) is 0. The maximum Gasteiger partial charge on any atom is 0.180 e. The number of thiazole rings is 1. The molecule has 0 radical (unpaired) electrons. The molecular formula is C10H14N6S. The number of nitrogens with two attached hydrogens (primary N) is 1. The summed E-state index contributed by atoms with van der Waals surface area (Å²) in [5.41, 5.74) is 5.64. The van der Waals surface area contributed by atoms with Crippen LogP contribution in [0.3, 0.4) is 0 Å². The van der Waals surface area contributed by atoms with Crippen molar-refractivity contribution < 1.29 is 0 Å². The van der Waals surface area contributed by atoms with Gasteiger partial charge in [0.1, 0.15) is 12.2 Å². The molecule has 0 fully saturated rings. The normalized spacial score (nSPS) is 20.4. The van der Waals surface area contributed by atoms with Gasteiger partial charge in [-0.25, -0.2) is 4.98 Å². The Morgan fingerprint density at radius 1 is 1.53 bits per heavy atom. The lowest BCUT2D eigenvalue weighted by Crippen LogP contribution is -2.36. The van der Waals surface area contributed by atoms with E-state index in [1.54, 1.807) is 17.7 Å². The van der Waals surface area contributed by atoms with E-state index in [9.17, 15) is 0 Å². The summed E-state index contributed by atoms with van der Waals surface area (Å²) in [5.74, 6) is 1.04. The Hall–Kier alpha value is -1.47. The number of fused-ring (bicyclic) bond motifs is 1. The second-order valence-corrected chi connectivity index (χ2v) is 5.34. The molecule has 0 aromatic carbocycles. The van der Waals surface area contributed by atoms with E-state index in [0.717, 1.165) is 25.5 Å². The average molecular weight is 250 g/mol. The van der Waals surface area contributed by atoms with E-state index < -0.39 is 0 Å². The van der Waals surface area contributed by atoms with Crippen molar-refractivity contribution in [1.29, 1.82) is 0 Å². The van der Waals surface area contributed by atoms with Gasteiger partial charge in [-0.2, -0.15) is 0 Å². The molecule has 7 heteroatoms. The summed E-state index contributed by atoms with van der Waals surface area (Å²) in [4.78, 5) is 7.65. The first-order valence-electron chi connectivity index (χ1n) is 5.56. The predicted molar refractivity (Wildman–Crippen MR) is 65.4 cm³/mol. The first-order valence-corrected chi connectivity index (χ1v) is 6.37. The Morgan fingerprint density at radius 2 is 2.41 bits per heavy atom. The Balaban J connectivity index is 1.78. The van der Waals surface area contributed by atoms with Gasteiger partial charge < -0.3 is 10.3 Å². The SMILES string of the molecule is CC1c2nncn2CCN1Cc1cnc(N)s1. The molecule has 0 saturated heterocycles. The van der Waals surface area contributed by atoms with Crippen molar-refractivity contribution in [3.63, 3.8) is 0 Å². The van der Waals surface area contributed by atoms with Gasteiger partial charge >= 0.3 is 0 Å². The Kier molecular flexibility index (Phi) is 2.56. The van der Waals surface area contributed by atoms with E-state index >= 15 is 0 Å². The maximum atomic E-state index is 5.64. The highest BCUT2D eigenvalue weighted by atomic mass is 32.1. The van der Waals surface area contributed by atoms with Crippen molar-refractivity contribution >= 4 is 16.5 Å². The highest BCUT2D eigenvalue weighted by Gasteiger charge is 2.25. The zero-order valence-electron chi connectivity index (χ0n) is 9.58. The number of nitrogens with zero attached hydrogens (tertiary/aromatic N) is 5. The minimum atomic E-state index is 0.287. The standard InChI is InChI=1S/C10H14N6S/c1-7-9-14-13-6-16(9)3-2-15(7)5-8-4-12-10(11)17-8/h4,6-7H,2-3,5H2,1H3,(H2,11,12). The predicted octanol–water partition coefficient (Wildman–Crippen LogP) is 0.894. The van der Waals surface area contributed by atoms with Crippen LogP contribution in [0, 0.1) is 0 Å². The molecule has 0 spiro atoms. The zero-order valence-corrected chi connectivity index (χ0v) is 10.4. The van der Waals surface area contributed by atoms with Gasteiger partial charge in [-0.1, -0.05) is 0 Å². The molecule has 2 N–H and O–H groups in total.